The van der Waals surface area contributed by atoms with Crippen molar-refractivity contribution in [1.82, 2.24) is 15.5 Å². The van der Waals surface area contributed by atoms with Crippen LogP contribution in [0.25, 0.3) is 0 Å². The summed E-state index contributed by atoms with van der Waals surface area (Å²) >= 11 is 0. The number of hydrogen-bond acceptors (Lipinski definition) is 6. The molecule has 0 aromatic heterocycles. The van der Waals surface area contributed by atoms with E-state index in [1.165, 1.54) is 12.1 Å². The zero-order valence-corrected chi connectivity index (χ0v) is 15.2. The van der Waals surface area contributed by atoms with Gasteiger partial charge in [-0.15, -0.1) is 0 Å². The molecule has 3 rings (SSSR count). The number of nitrogens with one attached hydrogen (secondary N) is 2. The summed E-state index contributed by atoms with van der Waals surface area (Å²) in [6.45, 7) is -1.28. The highest BCUT2D eigenvalue weighted by Crippen LogP contribution is 2.22. The Kier molecular flexibility index (Phi) is 6.03. The fraction of sp³-hybridized carbons (Fsp3) is 0.421. The van der Waals surface area contributed by atoms with Gasteiger partial charge in [0.25, 0.3) is 17.7 Å². The normalized spacial score (nSPS) is 16.5. The summed E-state index contributed by atoms with van der Waals surface area (Å²) in [5.74, 6) is -2.89. The lowest BCUT2D eigenvalue weighted by Gasteiger charge is -2.22. The van der Waals surface area contributed by atoms with Gasteiger partial charge in [0.05, 0.1) is 11.1 Å². The molecule has 148 valence electrons. The van der Waals surface area contributed by atoms with Crippen LogP contribution in [0, 0.1) is 0 Å². The van der Waals surface area contributed by atoms with Crippen LogP contribution in [0.3, 0.4) is 0 Å². The number of esters is 1. The van der Waals surface area contributed by atoms with Gasteiger partial charge in [0.2, 0.25) is 0 Å². The van der Waals surface area contributed by atoms with Gasteiger partial charge < -0.3 is 10.1 Å². The molecule has 2 aliphatic rings. The first-order valence-corrected chi connectivity index (χ1v) is 9.17. The van der Waals surface area contributed by atoms with E-state index in [1.54, 1.807) is 12.1 Å². The number of carbonyl (C=O) groups excluding carboxylic acids is 5. The van der Waals surface area contributed by atoms with Gasteiger partial charge >= 0.3 is 12.0 Å². The molecule has 0 unspecified atom stereocenters. The van der Waals surface area contributed by atoms with Crippen molar-refractivity contribution >= 4 is 29.7 Å². The highest BCUT2D eigenvalue weighted by atomic mass is 16.5. The average molecular weight is 387 g/mol. The Morgan fingerprint density at radius 3 is 2.21 bits per heavy atom. The molecule has 0 bridgehead atoms. The molecule has 1 aliphatic heterocycles. The lowest BCUT2D eigenvalue weighted by molar-refractivity contribution is -0.148. The number of rotatable bonds is 5. The van der Waals surface area contributed by atoms with Crippen LogP contribution in [0.5, 0.6) is 0 Å². The molecular weight excluding hydrogens is 366 g/mol. The van der Waals surface area contributed by atoms with E-state index in [1.807, 2.05) is 0 Å². The van der Waals surface area contributed by atoms with Crippen LogP contribution in [0.1, 0.15) is 52.8 Å². The first kappa shape index (κ1) is 19.5. The maximum Gasteiger partial charge on any atom is 0.326 e. The quantitative estimate of drug-likeness (QED) is 0.574. The smallest absolute Gasteiger partial charge is 0.326 e. The van der Waals surface area contributed by atoms with Crippen molar-refractivity contribution in [2.45, 2.75) is 38.1 Å². The maximum atomic E-state index is 12.2. The Hall–Kier alpha value is -3.23. The summed E-state index contributed by atoms with van der Waals surface area (Å²) in [4.78, 5) is 60.5. The van der Waals surface area contributed by atoms with Crippen LogP contribution in [0.15, 0.2) is 24.3 Å². The Morgan fingerprint density at radius 2 is 1.61 bits per heavy atom. The predicted molar refractivity (Wildman–Crippen MR) is 96.3 cm³/mol. The minimum Gasteiger partial charge on any atom is -0.454 e. The molecule has 1 aromatic rings. The summed E-state index contributed by atoms with van der Waals surface area (Å²) in [6.07, 6.45) is 4.96. The van der Waals surface area contributed by atoms with Gasteiger partial charge in [-0.2, -0.15) is 0 Å². The molecule has 0 atom stereocenters. The molecule has 0 saturated heterocycles. The van der Waals surface area contributed by atoms with E-state index in [2.05, 4.69) is 10.6 Å². The molecule has 0 spiro atoms. The summed E-state index contributed by atoms with van der Waals surface area (Å²) in [5.41, 5.74) is 0.440. The summed E-state index contributed by atoms with van der Waals surface area (Å²) < 4.78 is 4.78. The molecule has 28 heavy (non-hydrogen) atoms. The lowest BCUT2D eigenvalue weighted by atomic mass is 9.96. The van der Waals surface area contributed by atoms with E-state index >= 15 is 0 Å². The van der Waals surface area contributed by atoms with Crippen molar-refractivity contribution < 1.29 is 28.7 Å². The van der Waals surface area contributed by atoms with E-state index in [-0.39, 0.29) is 17.2 Å². The van der Waals surface area contributed by atoms with Gasteiger partial charge in [0, 0.05) is 6.04 Å². The Morgan fingerprint density at radius 1 is 1.00 bits per heavy atom. The molecule has 9 heteroatoms. The van der Waals surface area contributed by atoms with Crippen LogP contribution < -0.4 is 10.6 Å². The van der Waals surface area contributed by atoms with E-state index in [9.17, 15) is 24.0 Å². The molecule has 1 saturated carbocycles. The van der Waals surface area contributed by atoms with Gasteiger partial charge in [-0.05, 0) is 25.0 Å². The number of nitrogens with zero attached hydrogens (tertiary/aromatic N) is 1. The zero-order chi connectivity index (χ0) is 20.1. The SMILES string of the molecule is O=C(COC(=O)CN1C(=O)c2ccccc2C1=O)NC(=O)NC1CCCCC1. The van der Waals surface area contributed by atoms with Gasteiger partial charge in [0.1, 0.15) is 6.54 Å². The number of urea groups is 1. The van der Waals surface area contributed by atoms with Gasteiger partial charge in [-0.1, -0.05) is 31.4 Å². The van der Waals surface area contributed by atoms with Crippen molar-refractivity contribution in [3.63, 3.8) is 0 Å². The third-order valence-electron chi connectivity index (χ3n) is 4.72. The number of carbonyl (C=O) groups is 5. The molecule has 9 nitrogen and oxygen atoms in total. The Balaban J connectivity index is 1.42. The number of ether oxygens (including phenoxy) is 1. The molecule has 0 radical (unpaired) electrons. The summed E-state index contributed by atoms with van der Waals surface area (Å²) in [6, 6.07) is 5.65. The number of benzene rings is 1. The number of imide groups is 2. The fourth-order valence-electron chi connectivity index (χ4n) is 3.33. The standard InChI is InChI=1S/C19H21N3O6/c23-15(21-19(27)20-12-6-2-1-3-7-12)11-28-16(24)10-22-17(25)13-8-4-5-9-14(13)18(22)26/h4-5,8-9,12H,1-3,6-7,10-11H2,(H2,20,21,23,27). The molecule has 1 fully saturated rings. The zero-order valence-electron chi connectivity index (χ0n) is 15.2. The van der Waals surface area contributed by atoms with Gasteiger partial charge in [-0.3, -0.25) is 29.4 Å². The van der Waals surface area contributed by atoms with Crippen molar-refractivity contribution in [2.24, 2.45) is 0 Å². The molecule has 2 N–H and O–H groups in total. The van der Waals surface area contributed by atoms with Crippen molar-refractivity contribution in [1.29, 1.82) is 0 Å². The third kappa shape index (κ3) is 4.54. The first-order chi connectivity index (χ1) is 13.5. The van der Waals surface area contributed by atoms with E-state index in [4.69, 9.17) is 4.74 Å². The highest BCUT2D eigenvalue weighted by Gasteiger charge is 2.36. The van der Waals surface area contributed by atoms with Gasteiger partial charge in [-0.25, -0.2) is 4.79 Å². The fourth-order valence-corrected chi connectivity index (χ4v) is 3.33. The monoisotopic (exact) mass is 387 g/mol. The maximum absolute atomic E-state index is 12.2. The van der Waals surface area contributed by atoms with Crippen LogP contribution in [-0.4, -0.2) is 53.8 Å². The highest BCUT2D eigenvalue weighted by molar-refractivity contribution is 6.22. The van der Waals surface area contributed by atoms with Crippen LogP contribution >= 0.6 is 0 Å². The second-order valence-electron chi connectivity index (χ2n) is 6.76. The summed E-state index contributed by atoms with van der Waals surface area (Å²) in [5, 5.41) is 4.80. The third-order valence-corrected chi connectivity index (χ3v) is 4.72. The number of hydrogen-bond donors (Lipinski definition) is 2. The average Bonchev–Trinajstić information content (AvgIpc) is 2.92. The largest absolute Gasteiger partial charge is 0.454 e. The lowest BCUT2D eigenvalue weighted by Crippen LogP contribution is -2.46. The van der Waals surface area contributed by atoms with Crippen molar-refractivity contribution in [3.05, 3.63) is 35.4 Å². The Labute approximate surface area is 161 Å². The first-order valence-electron chi connectivity index (χ1n) is 9.17. The Bertz CT molecular complexity index is 781. The van der Waals surface area contributed by atoms with E-state index < -0.39 is 42.9 Å². The molecule has 1 heterocycles. The van der Waals surface area contributed by atoms with Crippen molar-refractivity contribution in [2.75, 3.05) is 13.2 Å². The van der Waals surface area contributed by atoms with Crippen LogP contribution in [0.4, 0.5) is 4.79 Å². The molecular formula is C19H21N3O6. The second kappa shape index (κ2) is 8.64. The number of amides is 5. The van der Waals surface area contributed by atoms with Crippen LogP contribution in [-0.2, 0) is 14.3 Å². The van der Waals surface area contributed by atoms with E-state index in [0.717, 1.165) is 37.0 Å². The van der Waals surface area contributed by atoms with Crippen LogP contribution in [0.2, 0.25) is 0 Å². The molecule has 1 aliphatic carbocycles. The molecule has 5 amide bonds. The predicted octanol–water partition coefficient (Wildman–Crippen LogP) is 0.984. The topological polar surface area (TPSA) is 122 Å². The number of fused-ring (bicyclic) bond motifs is 1. The minimum atomic E-state index is -0.919. The van der Waals surface area contributed by atoms with E-state index in [0.29, 0.717) is 0 Å². The van der Waals surface area contributed by atoms with Crippen molar-refractivity contribution in [3.8, 4) is 0 Å². The molecule has 1 aromatic carbocycles. The second-order valence-corrected chi connectivity index (χ2v) is 6.76. The minimum absolute atomic E-state index is 0.0397. The summed E-state index contributed by atoms with van der Waals surface area (Å²) in [7, 11) is 0. The van der Waals surface area contributed by atoms with Gasteiger partial charge in [0.15, 0.2) is 6.61 Å².